The van der Waals surface area contributed by atoms with Crippen molar-refractivity contribution in [1.29, 1.82) is 0 Å². The van der Waals surface area contributed by atoms with Crippen molar-refractivity contribution in [3.63, 3.8) is 0 Å². The number of nitrogens with zero attached hydrogens (tertiary/aromatic N) is 3. The summed E-state index contributed by atoms with van der Waals surface area (Å²) in [4.78, 5) is 13.5. The predicted molar refractivity (Wildman–Crippen MR) is 93.8 cm³/mol. The molecule has 2 aromatic rings. The number of benzene rings is 1. The zero-order valence-electron chi connectivity index (χ0n) is 12.6. The summed E-state index contributed by atoms with van der Waals surface area (Å²) in [5, 5.41) is 9.59. The smallest absolute Gasteiger partial charge is 0.225 e. The molecule has 122 valence electrons. The Hall–Kier alpha value is -1.31. The van der Waals surface area contributed by atoms with Gasteiger partial charge in [0.25, 0.3) is 0 Å². The lowest BCUT2D eigenvalue weighted by Crippen LogP contribution is -2.30. The third-order valence-corrected chi connectivity index (χ3v) is 5.59. The Bertz CT molecular complexity index is 691. The molecule has 0 radical (unpaired) electrons. The third-order valence-electron chi connectivity index (χ3n) is 3.26. The molecule has 3 rings (SSSR count). The largest absolute Gasteiger partial charge is 0.491 e. The number of amides is 1. The molecule has 1 aromatic heterocycles. The fraction of sp³-hybridized carbons (Fsp3) is 0.400. The van der Waals surface area contributed by atoms with Crippen molar-refractivity contribution in [2.75, 3.05) is 17.3 Å². The van der Waals surface area contributed by atoms with E-state index >= 15 is 0 Å². The van der Waals surface area contributed by atoms with Gasteiger partial charge in [-0.05, 0) is 25.0 Å². The van der Waals surface area contributed by atoms with E-state index in [2.05, 4.69) is 10.2 Å². The molecule has 0 bridgehead atoms. The molecule has 1 amide bonds. The number of hydrogen-bond donors (Lipinski definition) is 0. The number of hydrogen-bond acceptors (Lipinski definition) is 6. The molecule has 1 fully saturated rings. The molecule has 0 N–H and O–H groups in total. The quantitative estimate of drug-likeness (QED) is 0.421. The van der Waals surface area contributed by atoms with Crippen LogP contribution in [-0.2, 0) is 4.79 Å². The zero-order chi connectivity index (χ0) is 16.2. The molecule has 23 heavy (non-hydrogen) atoms. The third kappa shape index (κ3) is 4.37. The normalized spacial score (nSPS) is 13.8. The first-order chi connectivity index (χ1) is 11.1. The van der Waals surface area contributed by atoms with Crippen LogP contribution in [0, 0.1) is 0 Å². The predicted octanol–water partition coefficient (Wildman–Crippen LogP) is 3.88. The van der Waals surface area contributed by atoms with Crippen LogP contribution in [0.1, 0.15) is 19.8 Å². The van der Waals surface area contributed by atoms with Gasteiger partial charge in [-0.2, -0.15) is 0 Å². The number of halogens is 1. The molecule has 0 spiro atoms. The Morgan fingerprint density at radius 3 is 2.91 bits per heavy atom. The first kappa shape index (κ1) is 16.5. The van der Waals surface area contributed by atoms with E-state index in [9.17, 15) is 4.79 Å². The number of anilines is 1. The number of carbonyl (C=O) groups excluding carboxylic acids is 1. The Balaban J connectivity index is 1.49. The van der Waals surface area contributed by atoms with Gasteiger partial charge in [0.05, 0.1) is 11.6 Å². The van der Waals surface area contributed by atoms with E-state index in [0.29, 0.717) is 28.6 Å². The van der Waals surface area contributed by atoms with Crippen molar-refractivity contribution >= 4 is 45.7 Å². The van der Waals surface area contributed by atoms with Crippen LogP contribution in [0.2, 0.25) is 5.02 Å². The molecule has 1 heterocycles. The highest BCUT2D eigenvalue weighted by Crippen LogP contribution is 2.35. The van der Waals surface area contributed by atoms with Crippen LogP contribution in [0.15, 0.2) is 28.6 Å². The second kappa shape index (κ2) is 7.51. The number of rotatable bonds is 7. The average Bonchev–Trinajstić information content (AvgIpc) is 3.24. The topological polar surface area (TPSA) is 55.3 Å². The van der Waals surface area contributed by atoms with Crippen LogP contribution in [0.4, 0.5) is 5.13 Å². The number of carbonyl (C=O) groups is 1. The van der Waals surface area contributed by atoms with Crippen molar-refractivity contribution in [2.45, 2.75) is 30.1 Å². The number of aromatic nitrogens is 2. The van der Waals surface area contributed by atoms with Crippen molar-refractivity contribution < 1.29 is 9.53 Å². The van der Waals surface area contributed by atoms with Gasteiger partial charge in [-0.25, -0.2) is 0 Å². The molecule has 0 atom stereocenters. The summed E-state index contributed by atoms with van der Waals surface area (Å²) in [6.07, 6.45) is 2.10. The summed E-state index contributed by atoms with van der Waals surface area (Å²) >= 11 is 9.05. The zero-order valence-corrected chi connectivity index (χ0v) is 15.0. The Morgan fingerprint density at radius 2 is 2.22 bits per heavy atom. The van der Waals surface area contributed by atoms with Gasteiger partial charge in [-0.1, -0.05) is 46.8 Å². The molecule has 1 aliphatic rings. The maximum atomic E-state index is 11.7. The minimum absolute atomic E-state index is 0.0299. The van der Waals surface area contributed by atoms with Crippen molar-refractivity contribution in [2.24, 2.45) is 0 Å². The highest BCUT2D eigenvalue weighted by molar-refractivity contribution is 8.01. The van der Waals surface area contributed by atoms with E-state index in [1.165, 1.54) is 11.3 Å². The second-order valence-corrected chi connectivity index (χ2v) is 7.80. The second-order valence-electron chi connectivity index (χ2n) is 5.10. The van der Waals surface area contributed by atoms with Crippen LogP contribution >= 0.6 is 34.7 Å². The lowest BCUT2D eigenvalue weighted by molar-refractivity contribution is -0.116. The van der Waals surface area contributed by atoms with Gasteiger partial charge >= 0.3 is 0 Å². The van der Waals surface area contributed by atoms with Crippen molar-refractivity contribution in [1.82, 2.24) is 10.2 Å². The van der Waals surface area contributed by atoms with Crippen LogP contribution in [-0.4, -0.2) is 34.5 Å². The molecule has 1 aliphatic carbocycles. The summed E-state index contributed by atoms with van der Waals surface area (Å²) in [6, 6.07) is 7.71. The molecule has 1 saturated carbocycles. The summed E-state index contributed by atoms with van der Waals surface area (Å²) in [5.74, 6) is 1.45. The molecular formula is C15H16ClN3O2S2. The van der Waals surface area contributed by atoms with E-state index in [1.807, 2.05) is 18.2 Å². The number of thioether (sulfide) groups is 1. The van der Waals surface area contributed by atoms with E-state index in [4.69, 9.17) is 16.3 Å². The average molecular weight is 370 g/mol. The first-order valence-corrected chi connectivity index (χ1v) is 9.46. The van der Waals surface area contributed by atoms with Gasteiger partial charge in [0, 0.05) is 18.7 Å². The minimum atomic E-state index is 0.0299. The molecule has 0 unspecified atom stereocenters. The minimum Gasteiger partial charge on any atom is -0.491 e. The van der Waals surface area contributed by atoms with Crippen molar-refractivity contribution in [3.8, 4) is 5.75 Å². The Labute approximate surface area is 148 Å². The van der Waals surface area contributed by atoms with Crippen LogP contribution in [0.3, 0.4) is 0 Å². The fourth-order valence-corrected chi connectivity index (χ4v) is 4.12. The van der Waals surface area contributed by atoms with E-state index in [0.717, 1.165) is 22.9 Å². The molecule has 0 saturated heterocycles. The van der Waals surface area contributed by atoms with E-state index in [1.54, 1.807) is 29.7 Å². The maximum absolute atomic E-state index is 11.7. The Kier molecular flexibility index (Phi) is 5.40. The molecule has 1 aromatic carbocycles. The fourth-order valence-electron chi connectivity index (χ4n) is 2.08. The van der Waals surface area contributed by atoms with Gasteiger partial charge in [-0.15, -0.1) is 10.2 Å². The summed E-state index contributed by atoms with van der Waals surface area (Å²) in [6.45, 7) is 2.10. The number of ether oxygens (including phenoxy) is 1. The van der Waals surface area contributed by atoms with Gasteiger partial charge < -0.3 is 4.74 Å². The first-order valence-electron chi connectivity index (χ1n) is 7.28. The van der Waals surface area contributed by atoms with Crippen molar-refractivity contribution in [3.05, 3.63) is 29.3 Å². The molecule has 5 nitrogen and oxygen atoms in total. The molecular weight excluding hydrogens is 354 g/mol. The Morgan fingerprint density at radius 1 is 1.43 bits per heavy atom. The van der Waals surface area contributed by atoms with Gasteiger partial charge in [0.15, 0.2) is 4.34 Å². The summed E-state index contributed by atoms with van der Waals surface area (Å²) in [7, 11) is 0. The number of para-hydroxylation sites is 1. The van der Waals surface area contributed by atoms with Gasteiger partial charge in [0.2, 0.25) is 11.0 Å². The summed E-state index contributed by atoms with van der Waals surface area (Å²) in [5.41, 5.74) is 0. The van der Waals surface area contributed by atoms with Crippen LogP contribution in [0.5, 0.6) is 5.75 Å². The standard InChI is InChI=1S/C15H16ClN3O2S2/c1-10(20)19(11-6-7-11)14-17-18-15(23-14)22-9-8-21-13-5-3-2-4-12(13)16/h2-5,11H,6-9H2,1H3. The molecule has 8 heteroatoms. The van der Waals surface area contributed by atoms with Gasteiger partial charge in [0.1, 0.15) is 5.75 Å². The van der Waals surface area contributed by atoms with Crippen LogP contribution < -0.4 is 9.64 Å². The van der Waals surface area contributed by atoms with Crippen LogP contribution in [0.25, 0.3) is 0 Å². The lowest BCUT2D eigenvalue weighted by Gasteiger charge is -2.15. The lowest BCUT2D eigenvalue weighted by atomic mass is 10.3. The molecule has 0 aliphatic heterocycles. The van der Waals surface area contributed by atoms with E-state index < -0.39 is 0 Å². The highest BCUT2D eigenvalue weighted by Gasteiger charge is 2.34. The summed E-state index contributed by atoms with van der Waals surface area (Å²) < 4.78 is 6.48. The van der Waals surface area contributed by atoms with E-state index in [-0.39, 0.29) is 5.91 Å². The maximum Gasteiger partial charge on any atom is 0.225 e. The van der Waals surface area contributed by atoms with Gasteiger partial charge in [-0.3, -0.25) is 9.69 Å². The monoisotopic (exact) mass is 369 g/mol. The SMILES string of the molecule is CC(=O)N(c1nnc(SCCOc2ccccc2Cl)s1)C1CC1. The highest BCUT2D eigenvalue weighted by atomic mass is 35.5.